The Hall–Kier alpha value is -3.16. The maximum atomic E-state index is 12.8. The molecule has 0 aliphatic carbocycles. The molecule has 0 saturated carbocycles. The van der Waals surface area contributed by atoms with Crippen molar-refractivity contribution in [2.24, 2.45) is 0 Å². The zero-order valence-corrected chi connectivity index (χ0v) is 13.9. The van der Waals surface area contributed by atoms with Crippen LogP contribution >= 0.6 is 0 Å². The summed E-state index contributed by atoms with van der Waals surface area (Å²) < 4.78 is 0. The van der Waals surface area contributed by atoms with Gasteiger partial charge in [0.15, 0.2) is 0 Å². The van der Waals surface area contributed by atoms with Gasteiger partial charge in [0, 0.05) is 25.5 Å². The Labute approximate surface area is 143 Å². The number of carbonyl (C=O) groups excluding carboxylic acids is 2. The van der Waals surface area contributed by atoms with Crippen LogP contribution in [-0.2, 0) is 9.59 Å². The summed E-state index contributed by atoms with van der Waals surface area (Å²) in [6, 6.07) is 7.27. The average Bonchev–Trinajstić information content (AvgIpc) is 2.56. The molecule has 3 N–H and O–H groups in total. The van der Waals surface area contributed by atoms with E-state index in [2.05, 4.69) is 10.3 Å². The fourth-order valence-electron chi connectivity index (χ4n) is 2.42. The van der Waals surface area contributed by atoms with Crippen LogP contribution in [0.4, 0.5) is 0 Å². The molecule has 1 heterocycles. The molecule has 25 heavy (non-hydrogen) atoms. The van der Waals surface area contributed by atoms with Gasteiger partial charge in [0.25, 0.3) is 11.5 Å². The van der Waals surface area contributed by atoms with E-state index in [1.54, 1.807) is 24.3 Å². The largest absolute Gasteiger partial charge is 0.480 e. The van der Waals surface area contributed by atoms with Gasteiger partial charge >= 0.3 is 5.97 Å². The number of aliphatic carboxylic acids is 1. The standard InChI is InChI=1S/C17H19N3O5/c1-10(17(24)25)20(8-7-18-11(2)21)16(23)13-9-12-5-3-4-6-14(12)19-15(13)22/h3-6,9-10H,7-8H2,1-2H3,(H,18,21)(H,19,22)(H,24,25). The lowest BCUT2D eigenvalue weighted by Gasteiger charge is -2.26. The van der Waals surface area contributed by atoms with Crippen LogP contribution in [0.5, 0.6) is 0 Å². The van der Waals surface area contributed by atoms with Gasteiger partial charge in [-0.3, -0.25) is 14.4 Å². The van der Waals surface area contributed by atoms with Gasteiger partial charge in [0.2, 0.25) is 5.91 Å². The van der Waals surface area contributed by atoms with Crippen LogP contribution in [0.3, 0.4) is 0 Å². The van der Waals surface area contributed by atoms with Gasteiger partial charge in [-0.2, -0.15) is 0 Å². The van der Waals surface area contributed by atoms with Crippen molar-refractivity contribution in [2.75, 3.05) is 13.1 Å². The summed E-state index contributed by atoms with van der Waals surface area (Å²) in [5.41, 5.74) is -0.152. The summed E-state index contributed by atoms with van der Waals surface area (Å²) >= 11 is 0. The fourth-order valence-corrected chi connectivity index (χ4v) is 2.42. The third-order valence-corrected chi connectivity index (χ3v) is 3.80. The zero-order chi connectivity index (χ0) is 18.6. The van der Waals surface area contributed by atoms with E-state index >= 15 is 0 Å². The molecule has 1 unspecified atom stereocenters. The summed E-state index contributed by atoms with van der Waals surface area (Å²) in [6.45, 7) is 2.73. The number of rotatable bonds is 6. The van der Waals surface area contributed by atoms with Crippen molar-refractivity contribution >= 4 is 28.7 Å². The van der Waals surface area contributed by atoms with Gasteiger partial charge in [-0.05, 0) is 24.4 Å². The molecule has 0 aliphatic rings. The first-order valence-corrected chi connectivity index (χ1v) is 7.71. The van der Waals surface area contributed by atoms with E-state index in [9.17, 15) is 24.3 Å². The molecule has 2 aromatic rings. The van der Waals surface area contributed by atoms with Crippen LogP contribution in [0.25, 0.3) is 10.9 Å². The van der Waals surface area contributed by atoms with Crippen molar-refractivity contribution in [3.63, 3.8) is 0 Å². The zero-order valence-electron chi connectivity index (χ0n) is 13.9. The van der Waals surface area contributed by atoms with Crippen LogP contribution in [0.2, 0.25) is 0 Å². The molecular formula is C17H19N3O5. The van der Waals surface area contributed by atoms with Crippen molar-refractivity contribution in [3.05, 3.63) is 46.2 Å². The molecule has 2 amide bonds. The number of fused-ring (bicyclic) bond motifs is 1. The van der Waals surface area contributed by atoms with Crippen LogP contribution in [-0.4, -0.2) is 51.9 Å². The maximum Gasteiger partial charge on any atom is 0.326 e. The Balaban J connectivity index is 2.37. The van der Waals surface area contributed by atoms with E-state index in [1.165, 1.54) is 19.9 Å². The van der Waals surface area contributed by atoms with Crippen LogP contribution < -0.4 is 10.9 Å². The highest BCUT2D eigenvalue weighted by Gasteiger charge is 2.28. The summed E-state index contributed by atoms with van der Waals surface area (Å²) in [6.07, 6.45) is 0. The lowest BCUT2D eigenvalue weighted by atomic mass is 10.1. The monoisotopic (exact) mass is 345 g/mol. The number of carboxylic acids is 1. The van der Waals surface area contributed by atoms with Crippen molar-refractivity contribution in [3.8, 4) is 0 Å². The van der Waals surface area contributed by atoms with E-state index in [0.29, 0.717) is 10.9 Å². The lowest BCUT2D eigenvalue weighted by molar-refractivity contribution is -0.141. The molecule has 0 spiro atoms. The number of carbonyl (C=O) groups is 3. The predicted molar refractivity (Wildman–Crippen MR) is 91.4 cm³/mol. The Bertz CT molecular complexity index is 874. The molecule has 1 aromatic heterocycles. The van der Waals surface area contributed by atoms with Crippen LogP contribution in [0.15, 0.2) is 35.1 Å². The Kier molecular flexibility index (Phi) is 5.53. The molecule has 0 bridgehead atoms. The first-order valence-electron chi connectivity index (χ1n) is 7.71. The van der Waals surface area contributed by atoms with Gasteiger partial charge in [-0.1, -0.05) is 18.2 Å². The fraction of sp³-hybridized carbons (Fsp3) is 0.294. The van der Waals surface area contributed by atoms with Crippen molar-refractivity contribution in [1.82, 2.24) is 15.2 Å². The van der Waals surface area contributed by atoms with Gasteiger partial charge in [-0.25, -0.2) is 4.79 Å². The summed E-state index contributed by atoms with van der Waals surface area (Å²) in [5.74, 6) is -2.19. The quantitative estimate of drug-likeness (QED) is 0.707. The molecule has 1 aromatic carbocycles. The number of para-hydroxylation sites is 1. The summed E-state index contributed by atoms with van der Waals surface area (Å²) in [7, 11) is 0. The number of H-pyrrole nitrogens is 1. The maximum absolute atomic E-state index is 12.8. The topological polar surface area (TPSA) is 120 Å². The van der Waals surface area contributed by atoms with E-state index in [0.717, 1.165) is 4.90 Å². The molecule has 8 heteroatoms. The van der Waals surface area contributed by atoms with Gasteiger partial charge in [-0.15, -0.1) is 0 Å². The minimum Gasteiger partial charge on any atom is -0.480 e. The Morgan fingerprint density at radius 2 is 1.96 bits per heavy atom. The number of aromatic amines is 1. The van der Waals surface area contributed by atoms with Gasteiger partial charge < -0.3 is 20.3 Å². The number of pyridine rings is 1. The second kappa shape index (κ2) is 7.61. The number of nitrogens with one attached hydrogen (secondary N) is 2. The molecule has 0 radical (unpaired) electrons. The second-order valence-electron chi connectivity index (χ2n) is 5.60. The normalized spacial score (nSPS) is 11.8. The number of hydrogen-bond donors (Lipinski definition) is 3. The van der Waals surface area contributed by atoms with Crippen LogP contribution in [0.1, 0.15) is 24.2 Å². The molecule has 0 aliphatic heterocycles. The molecule has 1 atom stereocenters. The van der Waals surface area contributed by atoms with E-state index in [1.807, 2.05) is 0 Å². The van der Waals surface area contributed by atoms with Gasteiger partial charge in [0.05, 0.1) is 0 Å². The summed E-state index contributed by atoms with van der Waals surface area (Å²) in [5, 5.41) is 12.4. The smallest absolute Gasteiger partial charge is 0.326 e. The lowest BCUT2D eigenvalue weighted by Crippen LogP contribution is -2.48. The Morgan fingerprint density at radius 1 is 1.28 bits per heavy atom. The minimum atomic E-state index is -1.20. The van der Waals surface area contributed by atoms with E-state index < -0.39 is 23.5 Å². The molecule has 0 saturated heterocycles. The average molecular weight is 345 g/mol. The number of benzene rings is 1. The summed E-state index contributed by atoms with van der Waals surface area (Å²) in [4.78, 5) is 51.0. The minimum absolute atomic E-state index is 0.0296. The highest BCUT2D eigenvalue weighted by atomic mass is 16.4. The highest BCUT2D eigenvalue weighted by molar-refractivity contribution is 5.99. The predicted octanol–water partition coefficient (Wildman–Crippen LogP) is 0.579. The first-order chi connectivity index (χ1) is 11.8. The Morgan fingerprint density at radius 3 is 2.60 bits per heavy atom. The molecule has 2 rings (SSSR count). The third-order valence-electron chi connectivity index (χ3n) is 3.80. The number of aromatic nitrogens is 1. The SMILES string of the molecule is CC(=O)NCCN(C(=O)c1cc2ccccc2[nH]c1=O)C(C)C(=O)O. The molecular weight excluding hydrogens is 326 g/mol. The van der Waals surface area contributed by atoms with E-state index in [-0.39, 0.29) is 24.6 Å². The molecule has 132 valence electrons. The molecule has 8 nitrogen and oxygen atoms in total. The third kappa shape index (κ3) is 4.23. The van der Waals surface area contributed by atoms with Gasteiger partial charge in [0.1, 0.15) is 11.6 Å². The first kappa shape index (κ1) is 18.2. The van der Waals surface area contributed by atoms with Crippen LogP contribution in [0, 0.1) is 0 Å². The second-order valence-corrected chi connectivity index (χ2v) is 5.60. The van der Waals surface area contributed by atoms with Crippen molar-refractivity contribution < 1.29 is 19.5 Å². The van der Waals surface area contributed by atoms with Crippen molar-refractivity contribution in [2.45, 2.75) is 19.9 Å². The number of amides is 2. The van der Waals surface area contributed by atoms with E-state index in [4.69, 9.17) is 0 Å². The number of hydrogen-bond acceptors (Lipinski definition) is 4. The number of carboxylic acid groups (broad SMARTS) is 1. The number of nitrogens with zero attached hydrogens (tertiary/aromatic N) is 1. The molecule has 0 fully saturated rings. The van der Waals surface area contributed by atoms with Crippen molar-refractivity contribution in [1.29, 1.82) is 0 Å². The highest BCUT2D eigenvalue weighted by Crippen LogP contribution is 2.13.